The molecular formula is C15H22N2O2. The van der Waals surface area contributed by atoms with Gasteiger partial charge in [-0.05, 0) is 38.3 Å². The lowest BCUT2D eigenvalue weighted by atomic mass is 10.2. The molecule has 4 heteroatoms. The van der Waals surface area contributed by atoms with Crippen molar-refractivity contribution in [1.82, 2.24) is 5.32 Å². The molecule has 0 heterocycles. The summed E-state index contributed by atoms with van der Waals surface area (Å²) in [4.78, 5) is 12.0. The fourth-order valence-electron chi connectivity index (χ4n) is 2.51. The number of ether oxygens (including phenoxy) is 1. The summed E-state index contributed by atoms with van der Waals surface area (Å²) in [5.41, 5.74) is 0.835. The van der Waals surface area contributed by atoms with Crippen LogP contribution >= 0.6 is 0 Å². The van der Waals surface area contributed by atoms with Crippen molar-refractivity contribution in [3.05, 3.63) is 30.3 Å². The maximum Gasteiger partial charge on any atom is 0.241 e. The Morgan fingerprint density at radius 1 is 1.32 bits per heavy atom. The van der Waals surface area contributed by atoms with Gasteiger partial charge < -0.3 is 15.4 Å². The zero-order chi connectivity index (χ0) is 13.7. The molecule has 1 amide bonds. The highest BCUT2D eigenvalue weighted by molar-refractivity contribution is 5.94. The first-order valence-corrected chi connectivity index (χ1v) is 6.84. The molecule has 2 N–H and O–H groups in total. The maximum absolute atomic E-state index is 12.0. The van der Waals surface area contributed by atoms with E-state index in [1.54, 1.807) is 7.11 Å². The normalized spacial score (nSPS) is 24.1. The second kappa shape index (κ2) is 6.68. The molecule has 0 saturated heterocycles. The third-order valence-corrected chi connectivity index (χ3v) is 3.64. The fraction of sp³-hybridized carbons (Fsp3) is 0.533. The van der Waals surface area contributed by atoms with Crippen LogP contribution < -0.4 is 10.6 Å². The van der Waals surface area contributed by atoms with Gasteiger partial charge in [0, 0.05) is 18.8 Å². The number of nitrogens with one attached hydrogen (secondary N) is 2. The molecule has 1 aromatic carbocycles. The van der Waals surface area contributed by atoms with Crippen LogP contribution in [0.5, 0.6) is 0 Å². The number of para-hydroxylation sites is 1. The van der Waals surface area contributed by atoms with Crippen LogP contribution in [-0.4, -0.2) is 31.2 Å². The number of hydrogen-bond donors (Lipinski definition) is 2. The quantitative estimate of drug-likeness (QED) is 0.855. The first kappa shape index (κ1) is 14.0. The van der Waals surface area contributed by atoms with E-state index < -0.39 is 0 Å². The summed E-state index contributed by atoms with van der Waals surface area (Å²) in [6, 6.07) is 9.72. The minimum atomic E-state index is -0.194. The highest BCUT2D eigenvalue weighted by Crippen LogP contribution is 2.21. The summed E-state index contributed by atoms with van der Waals surface area (Å²) < 4.78 is 5.34. The molecule has 19 heavy (non-hydrogen) atoms. The van der Waals surface area contributed by atoms with Crippen LogP contribution in [0.2, 0.25) is 0 Å². The topological polar surface area (TPSA) is 50.4 Å². The van der Waals surface area contributed by atoms with Gasteiger partial charge in [0.2, 0.25) is 5.91 Å². The third-order valence-electron chi connectivity index (χ3n) is 3.64. The van der Waals surface area contributed by atoms with Crippen molar-refractivity contribution >= 4 is 11.6 Å². The SMILES string of the molecule is COC1CCC(NC(C)C(=O)Nc2ccccc2)C1. The van der Waals surface area contributed by atoms with Crippen LogP contribution in [0, 0.1) is 0 Å². The molecule has 0 aromatic heterocycles. The molecule has 4 nitrogen and oxygen atoms in total. The first-order chi connectivity index (χ1) is 9.19. The molecule has 0 spiro atoms. The minimum Gasteiger partial charge on any atom is -0.381 e. The standard InChI is InChI=1S/C15H22N2O2/c1-11(16-13-8-9-14(10-13)19-2)15(18)17-12-6-4-3-5-7-12/h3-7,11,13-14,16H,8-10H2,1-2H3,(H,17,18). The largest absolute Gasteiger partial charge is 0.381 e. The van der Waals surface area contributed by atoms with Gasteiger partial charge in [-0.3, -0.25) is 4.79 Å². The van der Waals surface area contributed by atoms with E-state index >= 15 is 0 Å². The van der Waals surface area contributed by atoms with E-state index in [1.165, 1.54) is 0 Å². The number of amides is 1. The molecule has 1 aliphatic rings. The van der Waals surface area contributed by atoms with Crippen LogP contribution in [0.25, 0.3) is 0 Å². The van der Waals surface area contributed by atoms with Crippen molar-refractivity contribution in [3.63, 3.8) is 0 Å². The zero-order valence-electron chi connectivity index (χ0n) is 11.6. The molecule has 104 valence electrons. The lowest BCUT2D eigenvalue weighted by Crippen LogP contribution is -2.43. The Morgan fingerprint density at radius 2 is 2.05 bits per heavy atom. The average molecular weight is 262 g/mol. The smallest absolute Gasteiger partial charge is 0.241 e. The van der Waals surface area contributed by atoms with Crippen LogP contribution in [0.1, 0.15) is 26.2 Å². The Bertz CT molecular complexity index is 408. The van der Waals surface area contributed by atoms with Crippen LogP contribution in [0.4, 0.5) is 5.69 Å². The molecule has 1 aromatic rings. The molecule has 2 rings (SSSR count). The Hall–Kier alpha value is -1.39. The van der Waals surface area contributed by atoms with E-state index in [9.17, 15) is 4.79 Å². The van der Waals surface area contributed by atoms with Crippen molar-refractivity contribution < 1.29 is 9.53 Å². The zero-order valence-corrected chi connectivity index (χ0v) is 11.6. The van der Waals surface area contributed by atoms with Gasteiger partial charge in [-0.1, -0.05) is 18.2 Å². The van der Waals surface area contributed by atoms with Crippen molar-refractivity contribution in [1.29, 1.82) is 0 Å². The monoisotopic (exact) mass is 262 g/mol. The lowest BCUT2D eigenvalue weighted by Gasteiger charge is -2.19. The van der Waals surface area contributed by atoms with Crippen LogP contribution in [0.15, 0.2) is 30.3 Å². The van der Waals surface area contributed by atoms with E-state index in [1.807, 2.05) is 37.3 Å². The second-order valence-electron chi connectivity index (χ2n) is 5.11. The van der Waals surface area contributed by atoms with Crippen molar-refractivity contribution in [2.24, 2.45) is 0 Å². The number of carbonyl (C=O) groups is 1. The number of benzene rings is 1. The summed E-state index contributed by atoms with van der Waals surface area (Å²) in [5.74, 6) is 0.00654. The number of methoxy groups -OCH3 is 1. The Morgan fingerprint density at radius 3 is 2.68 bits per heavy atom. The van der Waals surface area contributed by atoms with Crippen molar-refractivity contribution in [2.45, 2.75) is 44.4 Å². The molecule has 1 aliphatic carbocycles. The van der Waals surface area contributed by atoms with E-state index in [-0.39, 0.29) is 11.9 Å². The minimum absolute atomic E-state index is 0.00654. The maximum atomic E-state index is 12.0. The third kappa shape index (κ3) is 4.04. The van der Waals surface area contributed by atoms with Gasteiger partial charge in [-0.2, -0.15) is 0 Å². The van der Waals surface area contributed by atoms with Gasteiger partial charge in [0.1, 0.15) is 0 Å². The van der Waals surface area contributed by atoms with Gasteiger partial charge in [0.25, 0.3) is 0 Å². The number of rotatable bonds is 5. The summed E-state index contributed by atoms with van der Waals surface area (Å²) in [5, 5.41) is 6.28. The molecule has 1 fully saturated rings. The molecule has 0 aliphatic heterocycles. The highest BCUT2D eigenvalue weighted by Gasteiger charge is 2.26. The van der Waals surface area contributed by atoms with Gasteiger partial charge in [-0.25, -0.2) is 0 Å². The first-order valence-electron chi connectivity index (χ1n) is 6.84. The number of anilines is 1. The van der Waals surface area contributed by atoms with Crippen LogP contribution in [-0.2, 0) is 9.53 Å². The average Bonchev–Trinajstić information content (AvgIpc) is 2.87. The van der Waals surface area contributed by atoms with E-state index in [2.05, 4.69) is 10.6 Å². The molecular weight excluding hydrogens is 240 g/mol. The highest BCUT2D eigenvalue weighted by atomic mass is 16.5. The number of hydrogen-bond acceptors (Lipinski definition) is 3. The predicted octanol–water partition coefficient (Wildman–Crippen LogP) is 2.17. The summed E-state index contributed by atoms with van der Waals surface area (Å²) >= 11 is 0. The van der Waals surface area contributed by atoms with E-state index in [0.29, 0.717) is 12.1 Å². The van der Waals surface area contributed by atoms with Gasteiger partial charge in [0.15, 0.2) is 0 Å². The molecule has 3 unspecified atom stereocenters. The summed E-state index contributed by atoms with van der Waals surface area (Å²) in [7, 11) is 1.75. The van der Waals surface area contributed by atoms with E-state index in [0.717, 1.165) is 24.9 Å². The summed E-state index contributed by atoms with van der Waals surface area (Å²) in [6.45, 7) is 1.90. The van der Waals surface area contributed by atoms with Gasteiger partial charge >= 0.3 is 0 Å². The predicted molar refractivity (Wildman–Crippen MR) is 76.1 cm³/mol. The van der Waals surface area contributed by atoms with Gasteiger partial charge in [0.05, 0.1) is 12.1 Å². The fourth-order valence-corrected chi connectivity index (χ4v) is 2.51. The Balaban J connectivity index is 1.80. The Labute approximate surface area is 114 Å². The molecule has 0 bridgehead atoms. The molecule has 0 radical (unpaired) electrons. The molecule has 3 atom stereocenters. The Kier molecular flexibility index (Phi) is 4.93. The summed E-state index contributed by atoms with van der Waals surface area (Å²) in [6.07, 6.45) is 3.46. The van der Waals surface area contributed by atoms with Crippen LogP contribution in [0.3, 0.4) is 0 Å². The second-order valence-corrected chi connectivity index (χ2v) is 5.11. The van der Waals surface area contributed by atoms with Crippen molar-refractivity contribution in [2.75, 3.05) is 12.4 Å². The lowest BCUT2D eigenvalue weighted by molar-refractivity contribution is -0.118. The van der Waals surface area contributed by atoms with Gasteiger partial charge in [-0.15, -0.1) is 0 Å². The number of carbonyl (C=O) groups excluding carboxylic acids is 1. The molecule has 1 saturated carbocycles. The van der Waals surface area contributed by atoms with Crippen molar-refractivity contribution in [3.8, 4) is 0 Å². The van der Waals surface area contributed by atoms with E-state index in [4.69, 9.17) is 4.74 Å².